The summed E-state index contributed by atoms with van der Waals surface area (Å²) < 4.78 is 0. The van der Waals surface area contributed by atoms with Gasteiger partial charge in [-0.15, -0.1) is 0 Å². The van der Waals surface area contributed by atoms with Crippen LogP contribution < -0.4 is 15.5 Å². The molecule has 0 atom stereocenters. The van der Waals surface area contributed by atoms with Crippen molar-refractivity contribution < 1.29 is 0 Å². The molecule has 1 fully saturated rings. The van der Waals surface area contributed by atoms with Gasteiger partial charge in [0.25, 0.3) is 0 Å². The average molecular weight is 307 g/mol. The number of aromatic nitrogens is 2. The molecular formula is C15H25N5S. The number of rotatable bonds is 4. The zero-order valence-corrected chi connectivity index (χ0v) is 13.6. The molecule has 116 valence electrons. The fourth-order valence-electron chi connectivity index (χ4n) is 2.88. The van der Waals surface area contributed by atoms with Gasteiger partial charge in [-0.2, -0.15) is 16.7 Å². The predicted octanol–water partition coefficient (Wildman–Crippen LogP) is 1.54. The van der Waals surface area contributed by atoms with Crippen LogP contribution in [0.3, 0.4) is 0 Å². The lowest BCUT2D eigenvalue weighted by molar-refractivity contribution is 0.708. The Morgan fingerprint density at radius 3 is 2.81 bits per heavy atom. The van der Waals surface area contributed by atoms with Crippen molar-refractivity contribution in [2.75, 3.05) is 54.4 Å². The summed E-state index contributed by atoms with van der Waals surface area (Å²) in [5.74, 6) is 4.40. The van der Waals surface area contributed by atoms with Gasteiger partial charge in [0, 0.05) is 49.7 Å². The van der Waals surface area contributed by atoms with E-state index in [2.05, 4.69) is 22.5 Å². The quantitative estimate of drug-likeness (QED) is 0.880. The topological polar surface area (TPSA) is 53.1 Å². The smallest absolute Gasteiger partial charge is 0.224 e. The van der Waals surface area contributed by atoms with Crippen LogP contribution >= 0.6 is 11.8 Å². The normalized spacial score (nSPS) is 19.0. The van der Waals surface area contributed by atoms with Crippen molar-refractivity contribution in [1.29, 1.82) is 0 Å². The van der Waals surface area contributed by atoms with Crippen LogP contribution in [0.25, 0.3) is 0 Å². The van der Waals surface area contributed by atoms with Crippen molar-refractivity contribution in [1.82, 2.24) is 15.3 Å². The number of nitrogens with zero attached hydrogens (tertiary/aromatic N) is 3. The van der Waals surface area contributed by atoms with Gasteiger partial charge in [0.2, 0.25) is 5.95 Å². The van der Waals surface area contributed by atoms with Crippen molar-refractivity contribution in [3.8, 4) is 0 Å². The molecule has 2 N–H and O–H groups in total. The van der Waals surface area contributed by atoms with Gasteiger partial charge >= 0.3 is 0 Å². The summed E-state index contributed by atoms with van der Waals surface area (Å²) in [6, 6.07) is 0. The van der Waals surface area contributed by atoms with E-state index in [1.807, 2.05) is 11.8 Å². The van der Waals surface area contributed by atoms with E-state index in [1.165, 1.54) is 28.6 Å². The molecule has 0 amide bonds. The lowest BCUT2D eigenvalue weighted by atomic mass is 10.1. The minimum atomic E-state index is 0.811. The van der Waals surface area contributed by atoms with E-state index in [0.29, 0.717) is 0 Å². The highest BCUT2D eigenvalue weighted by atomic mass is 32.2. The van der Waals surface area contributed by atoms with Crippen molar-refractivity contribution in [3.63, 3.8) is 0 Å². The first kappa shape index (κ1) is 14.9. The maximum Gasteiger partial charge on any atom is 0.224 e. The number of hydrogen-bond acceptors (Lipinski definition) is 6. The Kier molecular flexibility index (Phi) is 5.19. The monoisotopic (exact) mass is 307 g/mol. The van der Waals surface area contributed by atoms with Gasteiger partial charge in [0.15, 0.2) is 0 Å². The molecule has 3 rings (SSSR count). The summed E-state index contributed by atoms with van der Waals surface area (Å²) in [5.41, 5.74) is 2.61. The Bertz CT molecular complexity index is 473. The van der Waals surface area contributed by atoms with E-state index < -0.39 is 0 Å². The van der Waals surface area contributed by atoms with E-state index in [-0.39, 0.29) is 0 Å². The Hall–Kier alpha value is -1.01. The molecule has 2 aliphatic rings. The Morgan fingerprint density at radius 2 is 2.00 bits per heavy atom. The predicted molar refractivity (Wildman–Crippen MR) is 90.6 cm³/mol. The summed E-state index contributed by atoms with van der Waals surface area (Å²) in [6.45, 7) is 7.37. The second-order valence-corrected chi connectivity index (χ2v) is 6.80. The lowest BCUT2D eigenvalue weighted by Crippen LogP contribution is -2.34. The fraction of sp³-hybridized carbons (Fsp3) is 0.733. The number of anilines is 2. The van der Waals surface area contributed by atoms with Crippen LogP contribution in [-0.2, 0) is 12.8 Å². The minimum Gasteiger partial charge on any atom is -0.355 e. The van der Waals surface area contributed by atoms with Gasteiger partial charge in [-0.1, -0.05) is 6.92 Å². The second kappa shape index (κ2) is 7.31. The van der Waals surface area contributed by atoms with E-state index in [1.54, 1.807) is 0 Å². The third kappa shape index (κ3) is 3.61. The molecule has 21 heavy (non-hydrogen) atoms. The molecule has 2 aliphatic heterocycles. The first-order valence-corrected chi connectivity index (χ1v) is 9.21. The molecule has 0 aromatic carbocycles. The Morgan fingerprint density at radius 1 is 1.19 bits per heavy atom. The first-order valence-electron chi connectivity index (χ1n) is 8.05. The third-order valence-corrected chi connectivity index (χ3v) is 4.95. The third-order valence-electron chi connectivity index (χ3n) is 4.01. The summed E-state index contributed by atoms with van der Waals surface area (Å²) in [7, 11) is 0. The second-order valence-electron chi connectivity index (χ2n) is 5.57. The van der Waals surface area contributed by atoms with Crippen LogP contribution in [0.2, 0.25) is 0 Å². The molecule has 0 bridgehead atoms. The van der Waals surface area contributed by atoms with Gasteiger partial charge < -0.3 is 15.5 Å². The van der Waals surface area contributed by atoms with Crippen molar-refractivity contribution in [2.45, 2.75) is 26.2 Å². The molecule has 0 saturated carbocycles. The number of hydrogen-bond donors (Lipinski definition) is 2. The summed E-state index contributed by atoms with van der Waals surface area (Å²) in [5, 5.41) is 6.85. The van der Waals surface area contributed by atoms with Crippen molar-refractivity contribution in [3.05, 3.63) is 11.3 Å². The van der Waals surface area contributed by atoms with Crippen LogP contribution in [0.5, 0.6) is 0 Å². The van der Waals surface area contributed by atoms with Crippen LogP contribution in [-0.4, -0.2) is 54.2 Å². The zero-order chi connectivity index (χ0) is 14.5. The SMILES string of the molecule is CCCNc1nc2c(c(N3CCSCC3)n1)CCNCC2. The Balaban J connectivity index is 1.93. The molecule has 1 aromatic heterocycles. The van der Waals surface area contributed by atoms with Crippen LogP contribution in [0.1, 0.15) is 24.6 Å². The lowest BCUT2D eigenvalue weighted by Gasteiger charge is -2.30. The molecule has 0 spiro atoms. The van der Waals surface area contributed by atoms with E-state index in [0.717, 1.165) is 57.9 Å². The number of nitrogens with one attached hydrogen (secondary N) is 2. The molecule has 0 radical (unpaired) electrons. The first-order chi connectivity index (χ1) is 10.4. The highest BCUT2D eigenvalue weighted by Gasteiger charge is 2.22. The standard InChI is InChI=1S/C15H25N5S/c1-2-5-17-15-18-13-4-7-16-6-3-12(13)14(19-15)20-8-10-21-11-9-20/h16H,2-11H2,1H3,(H,17,18,19). The van der Waals surface area contributed by atoms with Gasteiger partial charge in [-0.05, 0) is 19.4 Å². The Labute approximate surface area is 131 Å². The van der Waals surface area contributed by atoms with Gasteiger partial charge in [-0.25, -0.2) is 4.98 Å². The van der Waals surface area contributed by atoms with Crippen molar-refractivity contribution >= 4 is 23.5 Å². The van der Waals surface area contributed by atoms with Crippen LogP contribution in [0, 0.1) is 0 Å². The molecule has 1 aromatic rings. The summed E-state index contributed by atoms with van der Waals surface area (Å²) >= 11 is 2.04. The van der Waals surface area contributed by atoms with E-state index in [9.17, 15) is 0 Å². The maximum atomic E-state index is 4.86. The zero-order valence-electron chi connectivity index (χ0n) is 12.8. The van der Waals surface area contributed by atoms with E-state index >= 15 is 0 Å². The molecule has 0 unspecified atom stereocenters. The molecule has 3 heterocycles. The van der Waals surface area contributed by atoms with Gasteiger partial charge in [-0.3, -0.25) is 0 Å². The van der Waals surface area contributed by atoms with Crippen LogP contribution in [0.15, 0.2) is 0 Å². The highest BCUT2D eigenvalue weighted by molar-refractivity contribution is 7.99. The van der Waals surface area contributed by atoms with Gasteiger partial charge in [0.1, 0.15) is 5.82 Å². The van der Waals surface area contributed by atoms with Crippen molar-refractivity contribution in [2.24, 2.45) is 0 Å². The van der Waals surface area contributed by atoms with Crippen LogP contribution in [0.4, 0.5) is 11.8 Å². The summed E-state index contributed by atoms with van der Waals surface area (Å²) in [6.07, 6.45) is 3.15. The minimum absolute atomic E-state index is 0.811. The molecule has 6 heteroatoms. The molecular weight excluding hydrogens is 282 g/mol. The fourth-order valence-corrected chi connectivity index (χ4v) is 3.78. The average Bonchev–Trinajstić information content (AvgIpc) is 2.78. The molecule has 0 aliphatic carbocycles. The number of thioether (sulfide) groups is 1. The largest absolute Gasteiger partial charge is 0.355 e. The number of fused-ring (bicyclic) bond motifs is 1. The molecule has 1 saturated heterocycles. The highest BCUT2D eigenvalue weighted by Crippen LogP contribution is 2.27. The maximum absolute atomic E-state index is 4.86. The molecule has 5 nitrogen and oxygen atoms in total. The van der Waals surface area contributed by atoms with Gasteiger partial charge in [0.05, 0.1) is 5.69 Å². The summed E-state index contributed by atoms with van der Waals surface area (Å²) in [4.78, 5) is 12.1. The van der Waals surface area contributed by atoms with E-state index in [4.69, 9.17) is 9.97 Å².